The number of nitrogens with two attached hydrogens (primary N) is 1. The van der Waals surface area contributed by atoms with Gasteiger partial charge in [0.05, 0.1) is 0 Å². The number of benzene rings is 1. The molecule has 3 aromatic rings. The number of pyridine rings is 2. The number of rotatable bonds is 2. The van der Waals surface area contributed by atoms with Gasteiger partial charge < -0.3 is 5.73 Å². The van der Waals surface area contributed by atoms with Gasteiger partial charge in [-0.25, -0.2) is 0 Å². The average Bonchev–Trinajstić information content (AvgIpc) is 2.48. The topological polar surface area (TPSA) is 51.8 Å². The summed E-state index contributed by atoms with van der Waals surface area (Å²) in [5.41, 5.74) is 11.0. The fraction of sp³-hybridized carbons (Fsp3) is 0. The summed E-state index contributed by atoms with van der Waals surface area (Å²) in [6.07, 6.45) is 7.19. The maximum absolute atomic E-state index is 5.99. The molecule has 0 spiro atoms. The highest BCUT2D eigenvalue weighted by molar-refractivity contribution is 5.76. The number of nitrogen functional groups attached to an aromatic ring is 1. The van der Waals surface area contributed by atoms with Crippen LogP contribution in [0.1, 0.15) is 0 Å². The Hall–Kier alpha value is -2.68. The van der Waals surface area contributed by atoms with Crippen molar-refractivity contribution in [3.63, 3.8) is 0 Å². The summed E-state index contributed by atoms with van der Waals surface area (Å²) >= 11 is 0. The van der Waals surface area contributed by atoms with Gasteiger partial charge in [-0.15, -0.1) is 0 Å². The Morgan fingerprint density at radius 3 is 1.63 bits per heavy atom. The fourth-order valence-corrected chi connectivity index (χ4v) is 2.05. The first-order chi connectivity index (χ1) is 9.33. The first kappa shape index (κ1) is 11.4. The quantitative estimate of drug-likeness (QED) is 0.706. The van der Waals surface area contributed by atoms with Crippen LogP contribution in [0.2, 0.25) is 0 Å². The highest BCUT2D eigenvalue weighted by atomic mass is 14.6. The Kier molecular flexibility index (Phi) is 2.94. The molecule has 0 radical (unpaired) electrons. The molecule has 0 unspecified atom stereocenters. The minimum atomic E-state index is 0.736. The van der Waals surface area contributed by atoms with E-state index in [1.54, 1.807) is 12.4 Å². The minimum absolute atomic E-state index is 0.736. The molecule has 2 heterocycles. The third kappa shape index (κ3) is 2.45. The van der Waals surface area contributed by atoms with Crippen LogP contribution in [0.3, 0.4) is 0 Å². The summed E-state index contributed by atoms with van der Waals surface area (Å²) < 4.78 is 0. The third-order valence-corrected chi connectivity index (χ3v) is 2.95. The number of aromatic nitrogens is 2. The molecule has 0 saturated carbocycles. The van der Waals surface area contributed by atoms with Gasteiger partial charge in [-0.2, -0.15) is 0 Å². The van der Waals surface area contributed by atoms with Crippen LogP contribution in [-0.2, 0) is 0 Å². The lowest BCUT2D eigenvalue weighted by atomic mass is 10.00. The lowest BCUT2D eigenvalue weighted by Crippen LogP contribution is -1.89. The first-order valence-electron chi connectivity index (χ1n) is 6.04. The van der Waals surface area contributed by atoms with Gasteiger partial charge in [-0.1, -0.05) is 12.1 Å². The third-order valence-electron chi connectivity index (χ3n) is 2.95. The molecule has 2 N–H and O–H groups in total. The van der Waals surface area contributed by atoms with Crippen molar-refractivity contribution in [2.24, 2.45) is 0 Å². The fourth-order valence-electron chi connectivity index (χ4n) is 2.05. The van der Waals surface area contributed by atoms with Crippen LogP contribution < -0.4 is 5.73 Å². The van der Waals surface area contributed by atoms with Gasteiger partial charge in [-0.3, -0.25) is 9.97 Å². The Bertz CT molecular complexity index is 621. The van der Waals surface area contributed by atoms with Crippen molar-refractivity contribution in [2.75, 3.05) is 5.73 Å². The zero-order valence-corrected chi connectivity index (χ0v) is 10.3. The molecule has 0 bridgehead atoms. The molecule has 3 heteroatoms. The van der Waals surface area contributed by atoms with Crippen LogP contribution in [0, 0.1) is 0 Å². The summed E-state index contributed by atoms with van der Waals surface area (Å²) in [5.74, 6) is 0. The van der Waals surface area contributed by atoms with Crippen molar-refractivity contribution in [1.82, 2.24) is 9.97 Å². The predicted octanol–water partition coefficient (Wildman–Crippen LogP) is 3.39. The highest BCUT2D eigenvalue weighted by Crippen LogP contribution is 2.28. The monoisotopic (exact) mass is 247 g/mol. The van der Waals surface area contributed by atoms with E-state index >= 15 is 0 Å². The molecule has 2 aromatic heterocycles. The maximum Gasteiger partial charge on any atom is 0.0346 e. The van der Waals surface area contributed by atoms with E-state index in [4.69, 9.17) is 5.73 Å². The summed E-state index contributed by atoms with van der Waals surface area (Å²) in [7, 11) is 0. The molecule has 0 aliphatic heterocycles. The number of hydrogen-bond acceptors (Lipinski definition) is 3. The largest absolute Gasteiger partial charge is 0.399 e. The molecule has 0 atom stereocenters. The second-order valence-electron chi connectivity index (χ2n) is 4.33. The van der Waals surface area contributed by atoms with E-state index in [1.165, 1.54) is 0 Å². The molecule has 0 fully saturated rings. The van der Waals surface area contributed by atoms with Gasteiger partial charge in [0, 0.05) is 41.6 Å². The van der Waals surface area contributed by atoms with Gasteiger partial charge in [0.25, 0.3) is 0 Å². The Balaban J connectivity index is 2.12. The second-order valence-corrected chi connectivity index (χ2v) is 4.33. The van der Waals surface area contributed by atoms with Crippen LogP contribution in [0.15, 0.2) is 67.3 Å². The van der Waals surface area contributed by atoms with Crippen molar-refractivity contribution < 1.29 is 0 Å². The van der Waals surface area contributed by atoms with E-state index < -0.39 is 0 Å². The minimum Gasteiger partial charge on any atom is -0.399 e. The molecule has 0 saturated heterocycles. The van der Waals surface area contributed by atoms with Crippen molar-refractivity contribution in [2.45, 2.75) is 0 Å². The SMILES string of the molecule is Nc1cc(-c2cccnc2)cc(-c2cccnc2)c1. The molecule has 1 aromatic carbocycles. The molecule has 3 nitrogen and oxygen atoms in total. The molecule has 3 rings (SSSR count). The molecule has 0 aliphatic rings. The number of hydrogen-bond donors (Lipinski definition) is 1. The molecule has 0 aliphatic carbocycles. The standard InChI is InChI=1S/C16H13N3/c17-16-8-14(12-3-1-5-18-10-12)7-15(9-16)13-4-2-6-19-11-13/h1-11H,17H2. The van der Waals surface area contributed by atoms with Crippen LogP contribution >= 0.6 is 0 Å². The van der Waals surface area contributed by atoms with Crippen LogP contribution in [0.5, 0.6) is 0 Å². The van der Waals surface area contributed by atoms with E-state index in [0.717, 1.165) is 27.9 Å². The van der Waals surface area contributed by atoms with Crippen LogP contribution in [0.4, 0.5) is 5.69 Å². The average molecular weight is 247 g/mol. The highest BCUT2D eigenvalue weighted by Gasteiger charge is 2.04. The summed E-state index contributed by atoms with van der Waals surface area (Å²) in [4.78, 5) is 8.28. The zero-order chi connectivity index (χ0) is 13.1. The maximum atomic E-state index is 5.99. The van der Waals surface area contributed by atoms with Gasteiger partial charge in [0.2, 0.25) is 0 Å². The molecule has 0 amide bonds. The summed E-state index contributed by atoms with van der Waals surface area (Å²) in [6, 6.07) is 13.9. The van der Waals surface area contributed by atoms with Crippen LogP contribution in [0.25, 0.3) is 22.3 Å². The molecular weight excluding hydrogens is 234 g/mol. The van der Waals surface area contributed by atoms with Crippen molar-refractivity contribution in [1.29, 1.82) is 0 Å². The van der Waals surface area contributed by atoms with Gasteiger partial charge in [-0.05, 0) is 41.5 Å². The predicted molar refractivity (Wildman–Crippen MR) is 77.3 cm³/mol. The van der Waals surface area contributed by atoms with Crippen molar-refractivity contribution >= 4 is 5.69 Å². The number of nitrogens with zero attached hydrogens (tertiary/aromatic N) is 2. The van der Waals surface area contributed by atoms with E-state index in [0.29, 0.717) is 0 Å². The van der Waals surface area contributed by atoms with Crippen LogP contribution in [-0.4, -0.2) is 9.97 Å². The lowest BCUT2D eigenvalue weighted by Gasteiger charge is -2.07. The Labute approximate surface area is 111 Å². The van der Waals surface area contributed by atoms with E-state index in [2.05, 4.69) is 16.0 Å². The smallest absolute Gasteiger partial charge is 0.0346 e. The lowest BCUT2D eigenvalue weighted by molar-refractivity contribution is 1.32. The normalized spacial score (nSPS) is 10.3. The van der Waals surface area contributed by atoms with Crippen molar-refractivity contribution in [3.8, 4) is 22.3 Å². The second kappa shape index (κ2) is 4.90. The summed E-state index contributed by atoms with van der Waals surface area (Å²) in [5, 5.41) is 0. The molecule has 19 heavy (non-hydrogen) atoms. The zero-order valence-electron chi connectivity index (χ0n) is 10.3. The van der Waals surface area contributed by atoms with E-state index in [-0.39, 0.29) is 0 Å². The molecule has 92 valence electrons. The van der Waals surface area contributed by atoms with Gasteiger partial charge in [0.1, 0.15) is 0 Å². The van der Waals surface area contributed by atoms with Crippen molar-refractivity contribution in [3.05, 3.63) is 67.3 Å². The first-order valence-corrected chi connectivity index (χ1v) is 6.04. The molecular formula is C16H13N3. The Morgan fingerprint density at radius 1 is 0.684 bits per heavy atom. The van der Waals surface area contributed by atoms with Gasteiger partial charge in [0.15, 0.2) is 0 Å². The Morgan fingerprint density at radius 2 is 1.21 bits per heavy atom. The summed E-state index contributed by atoms with van der Waals surface area (Å²) in [6.45, 7) is 0. The van der Waals surface area contributed by atoms with Gasteiger partial charge >= 0.3 is 0 Å². The van der Waals surface area contributed by atoms with E-state index in [1.807, 2.05) is 48.8 Å². The van der Waals surface area contributed by atoms with E-state index in [9.17, 15) is 0 Å². The number of anilines is 1.